The Morgan fingerprint density at radius 2 is 2.00 bits per heavy atom. The average molecular weight is 284 g/mol. The van der Waals surface area contributed by atoms with E-state index in [0.717, 1.165) is 0 Å². The monoisotopic (exact) mass is 284 g/mol. The fourth-order valence-corrected chi connectivity index (χ4v) is 1.43. The van der Waals surface area contributed by atoms with Crippen LogP contribution in [0.2, 0.25) is 0 Å². The summed E-state index contributed by atoms with van der Waals surface area (Å²) in [6.45, 7) is 0. The number of methoxy groups -OCH3 is 2. The molecule has 1 rings (SSSR count). The summed E-state index contributed by atoms with van der Waals surface area (Å²) >= 11 is 0. The zero-order valence-electron chi connectivity index (χ0n) is 11.7. The first kappa shape index (κ1) is 15.7. The van der Waals surface area contributed by atoms with E-state index < -0.39 is 17.2 Å². The summed E-state index contributed by atoms with van der Waals surface area (Å²) in [4.78, 5) is 23.5. The molecule has 0 spiro atoms. The minimum atomic E-state index is -1.36. The number of rotatable bonds is 6. The van der Waals surface area contributed by atoms with Gasteiger partial charge in [0.25, 0.3) is 6.29 Å². The first-order valence-electron chi connectivity index (χ1n) is 5.63. The number of nitrogens with zero attached hydrogens (tertiary/aromatic N) is 2. The molecular weight excluding hydrogens is 268 g/mol. The molecule has 0 saturated carbocycles. The molecule has 0 N–H and O–H groups in total. The van der Waals surface area contributed by atoms with Gasteiger partial charge < -0.3 is 19.1 Å². The number of nitro benzene ring substituents is 1. The molecule has 20 heavy (non-hydrogen) atoms. The first-order chi connectivity index (χ1) is 9.40. The van der Waals surface area contributed by atoms with Crippen LogP contribution in [0.1, 0.15) is 0 Å². The average Bonchev–Trinajstić information content (AvgIpc) is 2.43. The van der Waals surface area contributed by atoms with E-state index in [9.17, 15) is 14.9 Å². The van der Waals surface area contributed by atoms with E-state index in [1.807, 2.05) is 0 Å². The van der Waals surface area contributed by atoms with Gasteiger partial charge in [-0.15, -0.1) is 0 Å². The molecular formula is C12H16N2O6. The van der Waals surface area contributed by atoms with Crippen LogP contribution in [0.4, 0.5) is 11.4 Å². The number of hydrogen-bond acceptors (Lipinski definition) is 7. The fourth-order valence-electron chi connectivity index (χ4n) is 1.43. The summed E-state index contributed by atoms with van der Waals surface area (Å²) in [6.07, 6.45) is -1.36. The molecule has 1 unspecified atom stereocenters. The van der Waals surface area contributed by atoms with E-state index in [4.69, 9.17) is 9.47 Å². The Labute approximate surface area is 116 Å². The van der Waals surface area contributed by atoms with E-state index in [0.29, 0.717) is 5.69 Å². The predicted octanol–water partition coefficient (Wildman–Crippen LogP) is 1.19. The highest BCUT2D eigenvalue weighted by Crippen LogP contribution is 2.32. The maximum atomic E-state index is 11.4. The van der Waals surface area contributed by atoms with Crippen LogP contribution >= 0.6 is 0 Å². The molecule has 0 aliphatic rings. The van der Waals surface area contributed by atoms with Crippen molar-refractivity contribution in [3.05, 3.63) is 28.3 Å². The van der Waals surface area contributed by atoms with Crippen molar-refractivity contribution >= 4 is 17.3 Å². The number of esters is 1. The Kier molecular flexibility index (Phi) is 5.27. The molecule has 0 aliphatic heterocycles. The Balaban J connectivity index is 3.15. The van der Waals surface area contributed by atoms with Gasteiger partial charge in [0, 0.05) is 39.0 Å². The third kappa shape index (κ3) is 3.58. The highest BCUT2D eigenvalue weighted by Gasteiger charge is 2.25. The minimum Gasteiger partial charge on any atom is -0.464 e. The number of carbonyl (C=O) groups is 1. The molecule has 0 amide bonds. The number of benzene rings is 1. The molecule has 8 nitrogen and oxygen atoms in total. The van der Waals surface area contributed by atoms with Crippen LogP contribution in [0.15, 0.2) is 18.2 Å². The minimum absolute atomic E-state index is 0.0709. The van der Waals surface area contributed by atoms with Crippen LogP contribution in [0, 0.1) is 10.1 Å². The van der Waals surface area contributed by atoms with E-state index in [1.165, 1.54) is 26.4 Å². The predicted molar refractivity (Wildman–Crippen MR) is 70.9 cm³/mol. The van der Waals surface area contributed by atoms with Crippen molar-refractivity contribution in [1.29, 1.82) is 0 Å². The van der Waals surface area contributed by atoms with E-state index in [2.05, 4.69) is 4.74 Å². The van der Waals surface area contributed by atoms with Gasteiger partial charge in [0.15, 0.2) is 0 Å². The molecule has 1 aromatic carbocycles. The fraction of sp³-hybridized carbons (Fsp3) is 0.417. The summed E-state index contributed by atoms with van der Waals surface area (Å²) in [6, 6.07) is 4.33. The molecule has 0 fully saturated rings. The van der Waals surface area contributed by atoms with E-state index in [-0.39, 0.29) is 11.4 Å². The van der Waals surface area contributed by atoms with Crippen molar-refractivity contribution in [1.82, 2.24) is 0 Å². The van der Waals surface area contributed by atoms with Crippen molar-refractivity contribution in [2.24, 2.45) is 0 Å². The van der Waals surface area contributed by atoms with Gasteiger partial charge in [-0.2, -0.15) is 0 Å². The maximum Gasteiger partial charge on any atom is 0.376 e. The summed E-state index contributed by atoms with van der Waals surface area (Å²) in [5, 5.41) is 11.0. The topological polar surface area (TPSA) is 91.1 Å². The second kappa shape index (κ2) is 6.71. The normalized spacial score (nSPS) is 11.6. The van der Waals surface area contributed by atoms with Gasteiger partial charge in [0.05, 0.1) is 12.0 Å². The van der Waals surface area contributed by atoms with Crippen LogP contribution in [0.25, 0.3) is 0 Å². The van der Waals surface area contributed by atoms with Crippen LogP contribution in [-0.4, -0.2) is 45.5 Å². The second-order valence-electron chi connectivity index (χ2n) is 4.01. The molecule has 0 saturated heterocycles. The van der Waals surface area contributed by atoms with Gasteiger partial charge >= 0.3 is 11.7 Å². The lowest BCUT2D eigenvalue weighted by molar-refractivity contribution is -0.386. The number of nitro groups is 1. The number of hydrogen-bond donors (Lipinski definition) is 0. The lowest BCUT2D eigenvalue weighted by Gasteiger charge is -2.17. The maximum absolute atomic E-state index is 11.4. The van der Waals surface area contributed by atoms with Gasteiger partial charge in [-0.25, -0.2) is 4.79 Å². The molecule has 1 aromatic rings. The van der Waals surface area contributed by atoms with E-state index >= 15 is 0 Å². The standard InChI is InChI=1S/C12H16N2O6/c1-13(2)8-5-6-9(14(16)17)10(7-8)20-12(19-4)11(15)18-3/h5-7,12H,1-4H3. The first-order valence-corrected chi connectivity index (χ1v) is 5.63. The number of carbonyl (C=O) groups excluding carboxylic acids is 1. The smallest absolute Gasteiger partial charge is 0.376 e. The largest absolute Gasteiger partial charge is 0.464 e. The molecule has 1 atom stereocenters. The second-order valence-corrected chi connectivity index (χ2v) is 4.01. The molecule has 8 heteroatoms. The van der Waals surface area contributed by atoms with Crippen molar-refractivity contribution < 1.29 is 23.9 Å². The third-order valence-electron chi connectivity index (χ3n) is 2.50. The van der Waals surface area contributed by atoms with Crippen LogP contribution in [0.5, 0.6) is 5.75 Å². The number of ether oxygens (including phenoxy) is 3. The van der Waals surface area contributed by atoms with Crippen molar-refractivity contribution in [3.8, 4) is 5.75 Å². The highest BCUT2D eigenvalue weighted by molar-refractivity contribution is 5.74. The lowest BCUT2D eigenvalue weighted by Crippen LogP contribution is -2.30. The molecule has 110 valence electrons. The Bertz CT molecular complexity index is 503. The van der Waals surface area contributed by atoms with Gasteiger partial charge in [0.2, 0.25) is 5.75 Å². The zero-order valence-corrected chi connectivity index (χ0v) is 11.7. The number of anilines is 1. The van der Waals surface area contributed by atoms with Gasteiger partial charge in [-0.05, 0) is 6.07 Å². The highest BCUT2D eigenvalue weighted by atomic mass is 16.7. The van der Waals surface area contributed by atoms with Crippen molar-refractivity contribution in [2.45, 2.75) is 6.29 Å². The van der Waals surface area contributed by atoms with Gasteiger partial charge in [-0.3, -0.25) is 10.1 Å². The van der Waals surface area contributed by atoms with Crippen LogP contribution in [-0.2, 0) is 14.3 Å². The lowest BCUT2D eigenvalue weighted by atomic mass is 10.2. The van der Waals surface area contributed by atoms with Crippen molar-refractivity contribution in [2.75, 3.05) is 33.2 Å². The van der Waals surface area contributed by atoms with Gasteiger partial charge in [-0.1, -0.05) is 0 Å². The Morgan fingerprint density at radius 1 is 1.35 bits per heavy atom. The molecule has 0 radical (unpaired) electrons. The summed E-state index contributed by atoms with van der Waals surface area (Å²) in [5.41, 5.74) is 0.423. The summed E-state index contributed by atoms with van der Waals surface area (Å²) < 4.78 is 14.5. The van der Waals surface area contributed by atoms with Crippen molar-refractivity contribution in [3.63, 3.8) is 0 Å². The molecule has 0 heterocycles. The zero-order chi connectivity index (χ0) is 15.3. The van der Waals surface area contributed by atoms with E-state index in [1.54, 1.807) is 25.1 Å². The van der Waals surface area contributed by atoms with Crippen LogP contribution < -0.4 is 9.64 Å². The Hall–Kier alpha value is -2.35. The third-order valence-corrected chi connectivity index (χ3v) is 2.50. The molecule has 0 aliphatic carbocycles. The summed E-state index contributed by atoms with van der Waals surface area (Å²) in [5.74, 6) is -0.851. The quantitative estimate of drug-likeness (QED) is 0.335. The van der Waals surface area contributed by atoms with Crippen LogP contribution in [0.3, 0.4) is 0 Å². The Morgan fingerprint density at radius 3 is 2.45 bits per heavy atom. The molecule has 0 aromatic heterocycles. The SMILES string of the molecule is COC(=O)C(OC)Oc1cc(N(C)C)ccc1[N+](=O)[O-]. The molecule has 0 bridgehead atoms. The summed E-state index contributed by atoms with van der Waals surface area (Å²) in [7, 11) is 5.96. The van der Waals surface area contributed by atoms with Gasteiger partial charge in [0.1, 0.15) is 0 Å².